The summed E-state index contributed by atoms with van der Waals surface area (Å²) in [7, 11) is 0. The van der Waals surface area contributed by atoms with Gasteiger partial charge in [0.05, 0.1) is 21.5 Å². The van der Waals surface area contributed by atoms with Crippen molar-refractivity contribution in [1.82, 2.24) is 14.8 Å². The van der Waals surface area contributed by atoms with Crippen LogP contribution in [0.2, 0.25) is 0 Å². The number of para-hydroxylation sites is 1. The highest BCUT2D eigenvalue weighted by Crippen LogP contribution is 2.34. The largest absolute Gasteiger partial charge is 0.338 e. The topological polar surface area (TPSA) is 59.8 Å². The molecule has 0 unspecified atom stereocenters. The van der Waals surface area contributed by atoms with E-state index >= 15 is 0 Å². The highest BCUT2D eigenvalue weighted by atomic mass is 32.1. The Balaban J connectivity index is 1.64. The van der Waals surface area contributed by atoms with Gasteiger partial charge in [-0.2, -0.15) is 0 Å². The molecular weight excluding hydrogens is 368 g/mol. The third kappa shape index (κ3) is 2.90. The predicted octanol–water partition coefficient (Wildman–Crippen LogP) is 5.36. The maximum Gasteiger partial charge on any atom is 0.211 e. The first-order valence-corrected chi connectivity index (χ1v) is 10.3. The molecule has 0 fully saturated rings. The average Bonchev–Trinajstić information content (AvgIpc) is 3.23. The van der Waals surface area contributed by atoms with Gasteiger partial charge in [0.25, 0.3) is 0 Å². The second kappa shape index (κ2) is 6.56. The van der Waals surface area contributed by atoms with E-state index in [1.807, 2.05) is 22.9 Å². The lowest BCUT2D eigenvalue weighted by molar-refractivity contribution is 0.0973. The van der Waals surface area contributed by atoms with E-state index in [2.05, 4.69) is 43.4 Å². The summed E-state index contributed by atoms with van der Waals surface area (Å²) in [5.41, 5.74) is 5.93. The van der Waals surface area contributed by atoms with Crippen LogP contribution >= 0.6 is 11.3 Å². The summed E-state index contributed by atoms with van der Waals surface area (Å²) in [6.45, 7) is 4.14. The summed E-state index contributed by atoms with van der Waals surface area (Å²) in [6.07, 6.45) is 2.25. The molecule has 1 aliphatic rings. The highest BCUT2D eigenvalue weighted by Gasteiger charge is 2.28. The standard InChI is InChI=1S/C22H20N4OS/c1-13-10-14(2)12-15(11-13)23-21-20-17(7-5-8-18(20)27)26(25-21)22-24-16-6-3-4-9-19(16)28-22/h3-4,6,9-12H,5,7-8H2,1-2H3,(H,23,25). The summed E-state index contributed by atoms with van der Waals surface area (Å²) in [5, 5.41) is 8.99. The van der Waals surface area contributed by atoms with E-state index in [-0.39, 0.29) is 5.78 Å². The van der Waals surface area contributed by atoms with Crippen LogP contribution in [0.1, 0.15) is 40.0 Å². The summed E-state index contributed by atoms with van der Waals surface area (Å²) in [4.78, 5) is 17.5. The number of nitrogens with zero attached hydrogens (tertiary/aromatic N) is 3. The van der Waals surface area contributed by atoms with Gasteiger partial charge in [-0.15, -0.1) is 5.10 Å². The van der Waals surface area contributed by atoms with Crippen molar-refractivity contribution < 1.29 is 4.79 Å². The van der Waals surface area contributed by atoms with Crippen LogP contribution < -0.4 is 5.32 Å². The van der Waals surface area contributed by atoms with Crippen molar-refractivity contribution in [1.29, 1.82) is 0 Å². The van der Waals surface area contributed by atoms with E-state index in [4.69, 9.17) is 10.1 Å². The molecule has 0 bridgehead atoms. The van der Waals surface area contributed by atoms with Gasteiger partial charge in [-0.3, -0.25) is 4.79 Å². The first-order valence-electron chi connectivity index (χ1n) is 9.45. The van der Waals surface area contributed by atoms with E-state index in [1.54, 1.807) is 11.3 Å². The average molecular weight is 388 g/mol. The van der Waals surface area contributed by atoms with Gasteiger partial charge < -0.3 is 5.32 Å². The third-order valence-electron chi connectivity index (χ3n) is 5.03. The van der Waals surface area contributed by atoms with Gasteiger partial charge in [0.15, 0.2) is 11.6 Å². The molecule has 0 spiro atoms. The lowest BCUT2D eigenvalue weighted by Crippen LogP contribution is -2.13. The smallest absolute Gasteiger partial charge is 0.211 e. The first-order chi connectivity index (χ1) is 13.6. The van der Waals surface area contributed by atoms with Gasteiger partial charge in [0.1, 0.15) is 0 Å². The number of hydrogen-bond acceptors (Lipinski definition) is 5. The van der Waals surface area contributed by atoms with Crippen molar-refractivity contribution in [2.45, 2.75) is 33.1 Å². The Bertz CT molecular complexity index is 1170. The van der Waals surface area contributed by atoms with Gasteiger partial charge in [0, 0.05) is 12.1 Å². The molecule has 140 valence electrons. The number of benzene rings is 2. The number of hydrogen-bond donors (Lipinski definition) is 1. The van der Waals surface area contributed by atoms with Gasteiger partial charge in [-0.1, -0.05) is 29.5 Å². The number of nitrogens with one attached hydrogen (secondary N) is 1. The van der Waals surface area contributed by atoms with Crippen LogP contribution in [0.25, 0.3) is 15.3 Å². The Morgan fingerprint density at radius 2 is 1.86 bits per heavy atom. The van der Waals surface area contributed by atoms with Crippen molar-refractivity contribution in [3.05, 3.63) is 64.8 Å². The minimum atomic E-state index is 0.153. The Morgan fingerprint density at radius 1 is 1.07 bits per heavy atom. The molecule has 1 aliphatic carbocycles. The van der Waals surface area contributed by atoms with Crippen molar-refractivity contribution in [3.8, 4) is 5.13 Å². The molecule has 2 aromatic carbocycles. The molecule has 5 nitrogen and oxygen atoms in total. The summed E-state index contributed by atoms with van der Waals surface area (Å²) in [5.74, 6) is 0.782. The minimum absolute atomic E-state index is 0.153. The van der Waals surface area contributed by atoms with Crippen molar-refractivity contribution in [2.24, 2.45) is 0 Å². The van der Waals surface area contributed by atoms with Crippen LogP contribution in [-0.4, -0.2) is 20.5 Å². The van der Waals surface area contributed by atoms with E-state index < -0.39 is 0 Å². The van der Waals surface area contributed by atoms with Crippen LogP contribution in [0.15, 0.2) is 42.5 Å². The van der Waals surface area contributed by atoms with Crippen molar-refractivity contribution in [2.75, 3.05) is 5.32 Å². The van der Waals surface area contributed by atoms with Crippen molar-refractivity contribution in [3.63, 3.8) is 0 Å². The number of carbonyl (C=O) groups is 1. The lowest BCUT2D eigenvalue weighted by Gasteiger charge is -2.13. The molecule has 0 saturated carbocycles. The molecule has 1 N–H and O–H groups in total. The summed E-state index contributed by atoms with van der Waals surface area (Å²) < 4.78 is 2.98. The number of aryl methyl sites for hydroxylation is 2. The maximum absolute atomic E-state index is 12.7. The fourth-order valence-corrected chi connectivity index (χ4v) is 4.84. The third-order valence-corrected chi connectivity index (χ3v) is 6.04. The zero-order valence-electron chi connectivity index (χ0n) is 15.8. The number of Topliss-reactive ketones (excluding diaryl/α,β-unsaturated/α-hetero) is 1. The zero-order valence-corrected chi connectivity index (χ0v) is 16.6. The van der Waals surface area contributed by atoms with E-state index in [0.717, 1.165) is 39.6 Å². The Hall–Kier alpha value is -2.99. The monoisotopic (exact) mass is 388 g/mol. The molecule has 2 heterocycles. The highest BCUT2D eigenvalue weighted by molar-refractivity contribution is 7.20. The van der Waals surface area contributed by atoms with Gasteiger partial charge in [-0.25, -0.2) is 9.67 Å². The molecule has 28 heavy (non-hydrogen) atoms. The Kier molecular flexibility index (Phi) is 4.02. The number of aromatic nitrogens is 3. The summed E-state index contributed by atoms with van der Waals surface area (Å²) >= 11 is 1.60. The normalized spacial score (nSPS) is 13.7. The number of thiazole rings is 1. The summed E-state index contributed by atoms with van der Waals surface area (Å²) in [6, 6.07) is 14.3. The molecule has 0 atom stereocenters. The second-order valence-electron chi connectivity index (χ2n) is 7.32. The predicted molar refractivity (Wildman–Crippen MR) is 113 cm³/mol. The molecule has 0 radical (unpaired) electrons. The number of carbonyl (C=O) groups excluding carboxylic acids is 1. The molecule has 5 rings (SSSR count). The molecular formula is C22H20N4OS. The van der Waals surface area contributed by atoms with E-state index in [0.29, 0.717) is 17.8 Å². The van der Waals surface area contributed by atoms with Crippen molar-refractivity contribution >= 4 is 38.8 Å². The lowest BCUT2D eigenvalue weighted by atomic mass is 9.96. The van der Waals surface area contributed by atoms with Crippen LogP contribution in [-0.2, 0) is 6.42 Å². The van der Waals surface area contributed by atoms with Gasteiger partial charge in [-0.05, 0) is 62.1 Å². The Morgan fingerprint density at radius 3 is 2.64 bits per heavy atom. The molecule has 0 saturated heterocycles. The van der Waals surface area contributed by atoms with Gasteiger partial charge in [0.2, 0.25) is 5.13 Å². The van der Waals surface area contributed by atoms with E-state index in [1.165, 1.54) is 11.1 Å². The zero-order chi connectivity index (χ0) is 19.3. The minimum Gasteiger partial charge on any atom is -0.338 e. The number of ketones is 1. The quantitative estimate of drug-likeness (QED) is 0.513. The molecule has 0 aliphatic heterocycles. The number of rotatable bonds is 3. The van der Waals surface area contributed by atoms with Crippen LogP contribution in [0.3, 0.4) is 0 Å². The van der Waals surface area contributed by atoms with Crippen LogP contribution in [0.4, 0.5) is 11.5 Å². The van der Waals surface area contributed by atoms with Crippen LogP contribution in [0, 0.1) is 13.8 Å². The number of fused-ring (bicyclic) bond motifs is 2. The second-order valence-corrected chi connectivity index (χ2v) is 8.33. The first kappa shape index (κ1) is 17.1. The Labute approximate surface area is 167 Å². The molecule has 6 heteroatoms. The van der Waals surface area contributed by atoms with Crippen LogP contribution in [0.5, 0.6) is 0 Å². The molecule has 4 aromatic rings. The molecule has 0 amide bonds. The SMILES string of the molecule is Cc1cc(C)cc(Nc2nn(-c3nc4ccccc4s3)c3c2C(=O)CCC3)c1. The maximum atomic E-state index is 12.7. The van der Waals surface area contributed by atoms with E-state index in [9.17, 15) is 4.79 Å². The van der Waals surface area contributed by atoms with Gasteiger partial charge >= 0.3 is 0 Å². The number of anilines is 2. The fraction of sp³-hybridized carbons (Fsp3) is 0.227. The molecule has 2 aromatic heterocycles. The fourth-order valence-electron chi connectivity index (χ4n) is 3.90.